The molecule has 0 fully saturated rings. The lowest BCUT2D eigenvalue weighted by Crippen LogP contribution is -2.27. The van der Waals surface area contributed by atoms with E-state index in [1.54, 1.807) is 17.5 Å². The maximum Gasteiger partial charge on any atom is 0.316 e. The van der Waals surface area contributed by atoms with Crippen molar-refractivity contribution < 1.29 is 9.32 Å². The van der Waals surface area contributed by atoms with E-state index in [9.17, 15) is 4.79 Å². The minimum atomic E-state index is -0.423. The number of aryl methyl sites for hydroxylation is 1. The average molecular weight is 330 g/mol. The van der Waals surface area contributed by atoms with Crippen LogP contribution in [0.1, 0.15) is 33.4 Å². The Kier molecular flexibility index (Phi) is 4.38. The first-order valence-corrected chi connectivity index (χ1v) is 7.75. The van der Waals surface area contributed by atoms with E-state index in [2.05, 4.69) is 30.4 Å². The van der Waals surface area contributed by atoms with Crippen molar-refractivity contribution in [2.75, 3.05) is 6.54 Å². The summed E-state index contributed by atoms with van der Waals surface area (Å²) >= 11 is 1.62. The number of carbonyl (C=O) groups is 1. The molecule has 0 saturated carbocycles. The third-order valence-electron chi connectivity index (χ3n) is 3.04. The molecule has 0 unspecified atom stereocenters. The predicted octanol–water partition coefficient (Wildman–Crippen LogP) is 1.83. The normalized spacial score (nSPS) is 12.1. The first-order valence-electron chi connectivity index (χ1n) is 6.94. The first-order chi connectivity index (χ1) is 11.1. The molecule has 0 spiro atoms. The summed E-state index contributed by atoms with van der Waals surface area (Å²) < 4.78 is 4.97. The topological polar surface area (TPSA) is 107 Å². The van der Waals surface area contributed by atoms with Gasteiger partial charge in [-0.1, -0.05) is 12.1 Å². The second-order valence-corrected chi connectivity index (χ2v) is 6.20. The fourth-order valence-electron chi connectivity index (χ4n) is 1.84. The van der Waals surface area contributed by atoms with E-state index < -0.39 is 5.91 Å². The highest BCUT2D eigenvalue weighted by Crippen LogP contribution is 2.20. The van der Waals surface area contributed by atoms with Gasteiger partial charge >= 0.3 is 11.8 Å². The van der Waals surface area contributed by atoms with E-state index in [0.29, 0.717) is 12.2 Å². The Bertz CT molecular complexity index is 800. The first kappa shape index (κ1) is 15.2. The molecule has 0 aliphatic rings. The maximum atomic E-state index is 12.1. The second kappa shape index (κ2) is 6.61. The number of rotatable bonds is 5. The minimum absolute atomic E-state index is 0.104. The van der Waals surface area contributed by atoms with Gasteiger partial charge in [0.2, 0.25) is 5.82 Å². The molecule has 1 amide bonds. The SMILES string of the molecule is Cc1cnc([C@H](C)CNC(=O)c2nc(-c3cnccn3)no2)s1. The number of hydrogen-bond donors (Lipinski definition) is 1. The third kappa shape index (κ3) is 3.57. The van der Waals surface area contributed by atoms with Gasteiger partial charge in [-0.2, -0.15) is 4.98 Å². The van der Waals surface area contributed by atoms with Crippen molar-refractivity contribution >= 4 is 17.2 Å². The summed E-state index contributed by atoms with van der Waals surface area (Å²) in [5, 5.41) is 7.48. The van der Waals surface area contributed by atoms with Crippen LogP contribution in [0.3, 0.4) is 0 Å². The Morgan fingerprint density at radius 1 is 1.35 bits per heavy atom. The molecule has 0 aliphatic heterocycles. The van der Waals surface area contributed by atoms with Crippen LogP contribution >= 0.6 is 11.3 Å². The second-order valence-electron chi connectivity index (χ2n) is 4.93. The molecule has 9 heteroatoms. The summed E-state index contributed by atoms with van der Waals surface area (Å²) in [5.74, 6) is -0.187. The molecular weight excluding hydrogens is 316 g/mol. The molecule has 8 nitrogen and oxygen atoms in total. The lowest BCUT2D eigenvalue weighted by Gasteiger charge is -2.08. The molecule has 118 valence electrons. The van der Waals surface area contributed by atoms with Crippen molar-refractivity contribution in [2.45, 2.75) is 19.8 Å². The molecule has 0 saturated heterocycles. The van der Waals surface area contributed by atoms with E-state index in [1.807, 2.05) is 20.0 Å². The lowest BCUT2D eigenvalue weighted by molar-refractivity contribution is 0.0908. The summed E-state index contributed by atoms with van der Waals surface area (Å²) in [5.41, 5.74) is 0.446. The third-order valence-corrected chi connectivity index (χ3v) is 4.19. The summed E-state index contributed by atoms with van der Waals surface area (Å²) in [4.78, 5) is 29.5. The van der Waals surface area contributed by atoms with E-state index in [4.69, 9.17) is 4.52 Å². The fourth-order valence-corrected chi connectivity index (χ4v) is 2.67. The van der Waals surface area contributed by atoms with Gasteiger partial charge in [0, 0.05) is 35.9 Å². The Morgan fingerprint density at radius 3 is 2.91 bits per heavy atom. The van der Waals surface area contributed by atoms with Gasteiger partial charge in [0.25, 0.3) is 0 Å². The van der Waals surface area contributed by atoms with E-state index in [1.165, 1.54) is 12.4 Å². The van der Waals surface area contributed by atoms with E-state index in [-0.39, 0.29) is 17.6 Å². The van der Waals surface area contributed by atoms with Crippen LogP contribution in [0, 0.1) is 6.92 Å². The molecular formula is C14H14N6O2S. The van der Waals surface area contributed by atoms with Crippen molar-refractivity contribution in [3.05, 3.63) is 40.6 Å². The number of thiazole rings is 1. The van der Waals surface area contributed by atoms with Crippen LogP contribution in [-0.2, 0) is 0 Å². The highest BCUT2D eigenvalue weighted by Gasteiger charge is 2.18. The summed E-state index contributed by atoms with van der Waals surface area (Å²) in [6.07, 6.45) is 6.38. The summed E-state index contributed by atoms with van der Waals surface area (Å²) in [7, 11) is 0. The van der Waals surface area contributed by atoms with Crippen LogP contribution in [-0.4, -0.2) is 37.5 Å². The molecule has 3 aromatic rings. The minimum Gasteiger partial charge on any atom is -0.347 e. The number of hydrogen-bond acceptors (Lipinski definition) is 8. The van der Waals surface area contributed by atoms with Crippen molar-refractivity contribution in [1.29, 1.82) is 0 Å². The Morgan fingerprint density at radius 2 is 2.22 bits per heavy atom. The highest BCUT2D eigenvalue weighted by molar-refractivity contribution is 7.11. The number of aromatic nitrogens is 5. The largest absolute Gasteiger partial charge is 0.347 e. The fraction of sp³-hybridized carbons (Fsp3) is 0.286. The van der Waals surface area contributed by atoms with Gasteiger partial charge in [0.1, 0.15) is 5.69 Å². The van der Waals surface area contributed by atoms with Crippen LogP contribution < -0.4 is 5.32 Å². The zero-order valence-electron chi connectivity index (χ0n) is 12.6. The Hall–Kier alpha value is -2.68. The molecule has 0 radical (unpaired) electrons. The zero-order valence-corrected chi connectivity index (χ0v) is 13.4. The van der Waals surface area contributed by atoms with E-state index >= 15 is 0 Å². The highest BCUT2D eigenvalue weighted by atomic mass is 32.1. The van der Waals surface area contributed by atoms with Gasteiger partial charge in [-0.25, -0.2) is 9.97 Å². The number of nitrogens with one attached hydrogen (secondary N) is 1. The standard InChI is InChI=1S/C14H14N6O2S/c1-8(14-18-6-9(2)23-14)5-17-12(21)13-19-11(20-22-13)10-7-15-3-4-16-10/h3-4,6-8H,5H2,1-2H3,(H,17,21)/t8-/m1/s1. The maximum absolute atomic E-state index is 12.1. The van der Waals surface area contributed by atoms with Crippen LogP contribution in [0.2, 0.25) is 0 Å². The van der Waals surface area contributed by atoms with Crippen LogP contribution in [0.5, 0.6) is 0 Å². The summed E-state index contributed by atoms with van der Waals surface area (Å²) in [6.45, 7) is 4.44. The Balaban J connectivity index is 1.62. The predicted molar refractivity (Wildman–Crippen MR) is 82.9 cm³/mol. The number of nitrogens with zero attached hydrogens (tertiary/aromatic N) is 5. The van der Waals surface area contributed by atoms with Crippen LogP contribution in [0.4, 0.5) is 0 Å². The van der Waals surface area contributed by atoms with Crippen molar-refractivity contribution in [3.63, 3.8) is 0 Å². The molecule has 3 rings (SSSR count). The van der Waals surface area contributed by atoms with Gasteiger partial charge in [-0.05, 0) is 6.92 Å². The van der Waals surface area contributed by atoms with Gasteiger partial charge in [-0.3, -0.25) is 9.78 Å². The van der Waals surface area contributed by atoms with Crippen molar-refractivity contribution in [3.8, 4) is 11.5 Å². The van der Waals surface area contributed by atoms with E-state index in [0.717, 1.165) is 9.88 Å². The summed E-state index contributed by atoms with van der Waals surface area (Å²) in [6, 6.07) is 0. The van der Waals surface area contributed by atoms with Gasteiger partial charge < -0.3 is 9.84 Å². The molecule has 0 aliphatic carbocycles. The molecule has 23 heavy (non-hydrogen) atoms. The van der Waals surface area contributed by atoms with Crippen LogP contribution in [0.15, 0.2) is 29.3 Å². The number of amides is 1. The number of carbonyl (C=O) groups excluding carboxylic acids is 1. The van der Waals surface area contributed by atoms with Gasteiger partial charge in [-0.15, -0.1) is 11.3 Å². The quantitative estimate of drug-likeness (QED) is 0.760. The molecule has 0 aromatic carbocycles. The van der Waals surface area contributed by atoms with Gasteiger partial charge in [0.05, 0.1) is 11.2 Å². The molecule has 3 heterocycles. The monoisotopic (exact) mass is 330 g/mol. The molecule has 1 N–H and O–H groups in total. The van der Waals surface area contributed by atoms with Gasteiger partial charge in [0.15, 0.2) is 0 Å². The smallest absolute Gasteiger partial charge is 0.316 e. The average Bonchev–Trinajstić information content (AvgIpc) is 3.22. The molecule has 3 aromatic heterocycles. The lowest BCUT2D eigenvalue weighted by atomic mass is 10.2. The van der Waals surface area contributed by atoms with Crippen molar-refractivity contribution in [2.24, 2.45) is 0 Å². The van der Waals surface area contributed by atoms with Crippen molar-refractivity contribution in [1.82, 2.24) is 30.4 Å². The zero-order chi connectivity index (χ0) is 16.2. The molecule has 0 bridgehead atoms. The Labute approximate surface area is 136 Å². The van der Waals surface area contributed by atoms with Crippen LogP contribution in [0.25, 0.3) is 11.5 Å². The molecule has 1 atom stereocenters.